The van der Waals surface area contributed by atoms with Gasteiger partial charge in [-0.2, -0.15) is 18.2 Å². The lowest BCUT2D eigenvalue weighted by Crippen LogP contribution is -2.04. The first-order valence-electron chi connectivity index (χ1n) is 5.12. The number of alkyl halides is 3. The van der Waals surface area contributed by atoms with Crippen LogP contribution in [0.15, 0.2) is 33.9 Å². The molecule has 0 atom stereocenters. The van der Waals surface area contributed by atoms with Crippen LogP contribution in [0.1, 0.15) is 18.4 Å². The lowest BCUT2D eigenvalue weighted by atomic mass is 10.1. The van der Waals surface area contributed by atoms with Gasteiger partial charge in [0, 0.05) is 5.56 Å². The first-order chi connectivity index (χ1) is 8.91. The van der Waals surface area contributed by atoms with Crippen molar-refractivity contribution in [2.45, 2.75) is 13.1 Å². The van der Waals surface area contributed by atoms with E-state index in [1.54, 1.807) is 19.1 Å². The minimum atomic E-state index is -4.66. The average Bonchev–Trinajstić information content (AvgIpc) is 2.87. The van der Waals surface area contributed by atoms with Gasteiger partial charge in [0.1, 0.15) is 0 Å². The molecule has 8 heteroatoms. The number of hydrogen-bond donors (Lipinski definition) is 1. The van der Waals surface area contributed by atoms with Gasteiger partial charge < -0.3 is 9.73 Å². The number of rotatable bonds is 2. The summed E-state index contributed by atoms with van der Waals surface area (Å²) in [6.45, 7) is 1.59. The fourth-order valence-electron chi connectivity index (χ4n) is 1.37. The molecule has 5 nitrogen and oxygen atoms in total. The molecular weight excluding hydrogens is 263 g/mol. The van der Waals surface area contributed by atoms with Crippen LogP contribution in [0.4, 0.5) is 13.2 Å². The third kappa shape index (κ3) is 2.72. The van der Waals surface area contributed by atoms with Gasteiger partial charge in [-0.25, -0.2) is 0 Å². The Bertz CT molecular complexity index is 602. The van der Waals surface area contributed by atoms with Crippen LogP contribution in [-0.2, 0) is 6.18 Å². The Hall–Kier alpha value is -2.38. The molecule has 0 fully saturated rings. The maximum absolute atomic E-state index is 12.3. The topological polar surface area (TPSA) is 71.5 Å². The highest BCUT2D eigenvalue weighted by molar-refractivity contribution is 5.98. The second kappa shape index (κ2) is 4.71. The third-order valence-corrected chi connectivity index (χ3v) is 2.38. The first-order valence-corrected chi connectivity index (χ1v) is 5.12. The van der Waals surface area contributed by atoms with Crippen molar-refractivity contribution in [3.05, 3.63) is 35.7 Å². The average molecular weight is 271 g/mol. The fourth-order valence-corrected chi connectivity index (χ4v) is 1.37. The number of nitrogens with zero attached hydrogens (tertiary/aromatic N) is 3. The largest absolute Gasteiger partial charge is 0.471 e. The van der Waals surface area contributed by atoms with E-state index in [0.717, 1.165) is 0 Å². The molecule has 2 aromatic rings. The Morgan fingerprint density at radius 3 is 2.37 bits per heavy atom. The summed E-state index contributed by atoms with van der Waals surface area (Å²) in [4.78, 5) is 3.26. The smallest absolute Gasteiger partial charge is 0.411 e. The van der Waals surface area contributed by atoms with Crippen molar-refractivity contribution >= 4 is 5.71 Å². The van der Waals surface area contributed by atoms with Gasteiger partial charge in [0.15, 0.2) is 0 Å². The molecule has 0 aliphatic heterocycles. The molecule has 0 aliphatic carbocycles. The lowest BCUT2D eigenvalue weighted by Gasteiger charge is -1.99. The molecule has 0 unspecified atom stereocenters. The Morgan fingerprint density at radius 2 is 1.89 bits per heavy atom. The van der Waals surface area contributed by atoms with Gasteiger partial charge in [-0.1, -0.05) is 34.6 Å². The number of hydrogen-bond acceptors (Lipinski definition) is 5. The van der Waals surface area contributed by atoms with Crippen LogP contribution >= 0.6 is 0 Å². The molecule has 19 heavy (non-hydrogen) atoms. The number of benzene rings is 1. The summed E-state index contributed by atoms with van der Waals surface area (Å²) < 4.78 is 41.0. The van der Waals surface area contributed by atoms with Gasteiger partial charge in [-0.15, -0.1) is 0 Å². The standard InChI is InChI=1S/C11H8F3N3O2/c1-6(16-18)7-2-4-8(5-3-7)9-15-10(19-17-9)11(12,13)14/h2-5,18H,1H3/b16-6+. The van der Waals surface area contributed by atoms with Crippen molar-refractivity contribution < 1.29 is 22.9 Å². The van der Waals surface area contributed by atoms with Gasteiger partial charge >= 0.3 is 12.1 Å². The van der Waals surface area contributed by atoms with Gasteiger partial charge in [-0.05, 0) is 12.5 Å². The Morgan fingerprint density at radius 1 is 1.26 bits per heavy atom. The van der Waals surface area contributed by atoms with E-state index >= 15 is 0 Å². The summed E-state index contributed by atoms with van der Waals surface area (Å²) in [5, 5.41) is 14.9. The maximum Gasteiger partial charge on any atom is 0.471 e. The monoisotopic (exact) mass is 271 g/mol. The number of halogens is 3. The zero-order chi connectivity index (χ0) is 14.0. The van der Waals surface area contributed by atoms with Gasteiger partial charge in [0.2, 0.25) is 5.82 Å². The molecule has 0 saturated heterocycles. The molecule has 0 aliphatic rings. The molecule has 1 aromatic carbocycles. The molecule has 0 radical (unpaired) electrons. The fraction of sp³-hybridized carbons (Fsp3) is 0.182. The minimum absolute atomic E-state index is 0.155. The van der Waals surface area contributed by atoms with Crippen LogP contribution in [0.25, 0.3) is 11.4 Å². The van der Waals surface area contributed by atoms with E-state index in [-0.39, 0.29) is 5.82 Å². The SMILES string of the molecule is C/C(=N\O)c1ccc(-c2noc(C(F)(F)F)n2)cc1. The van der Waals surface area contributed by atoms with Crippen molar-refractivity contribution in [1.29, 1.82) is 0 Å². The predicted octanol–water partition coefficient (Wildman–Crippen LogP) is 2.95. The van der Waals surface area contributed by atoms with E-state index in [2.05, 4.69) is 19.8 Å². The van der Waals surface area contributed by atoms with E-state index in [9.17, 15) is 13.2 Å². The molecule has 100 valence electrons. The van der Waals surface area contributed by atoms with Crippen LogP contribution in [0.3, 0.4) is 0 Å². The Balaban J connectivity index is 2.30. The zero-order valence-electron chi connectivity index (χ0n) is 9.64. The van der Waals surface area contributed by atoms with Gasteiger partial charge in [0.25, 0.3) is 0 Å². The van der Waals surface area contributed by atoms with Crippen molar-refractivity contribution in [2.75, 3.05) is 0 Å². The highest BCUT2D eigenvalue weighted by Gasteiger charge is 2.38. The molecular formula is C11H8F3N3O2. The summed E-state index contributed by atoms with van der Waals surface area (Å²) in [5.41, 5.74) is 1.38. The molecule has 1 N–H and O–H groups in total. The predicted molar refractivity (Wildman–Crippen MR) is 58.7 cm³/mol. The van der Waals surface area contributed by atoms with Crippen LogP contribution in [-0.4, -0.2) is 21.1 Å². The second-order valence-electron chi connectivity index (χ2n) is 3.68. The van der Waals surface area contributed by atoms with E-state index in [0.29, 0.717) is 16.8 Å². The third-order valence-electron chi connectivity index (χ3n) is 2.38. The molecule has 0 bridgehead atoms. The van der Waals surface area contributed by atoms with Crippen molar-refractivity contribution in [2.24, 2.45) is 5.16 Å². The molecule has 0 amide bonds. The molecule has 0 spiro atoms. The summed E-state index contributed by atoms with van der Waals surface area (Å²) >= 11 is 0. The van der Waals surface area contributed by atoms with E-state index in [1.807, 2.05) is 0 Å². The molecule has 1 aromatic heterocycles. The number of aromatic nitrogens is 2. The molecule has 2 rings (SSSR count). The summed E-state index contributed by atoms with van der Waals surface area (Å²) in [7, 11) is 0. The van der Waals surface area contributed by atoms with Crippen LogP contribution in [0.2, 0.25) is 0 Å². The Labute approximate surface area is 105 Å². The van der Waals surface area contributed by atoms with Crippen LogP contribution in [0, 0.1) is 0 Å². The Kier molecular flexibility index (Phi) is 3.24. The van der Waals surface area contributed by atoms with Crippen molar-refractivity contribution in [3.63, 3.8) is 0 Å². The van der Waals surface area contributed by atoms with E-state index < -0.39 is 12.1 Å². The quantitative estimate of drug-likeness (QED) is 0.518. The summed E-state index contributed by atoms with van der Waals surface area (Å²) in [6.07, 6.45) is -4.66. The first kappa shape index (κ1) is 13.1. The van der Waals surface area contributed by atoms with Gasteiger partial charge in [0.05, 0.1) is 5.71 Å². The normalized spacial score (nSPS) is 12.7. The van der Waals surface area contributed by atoms with Crippen LogP contribution < -0.4 is 0 Å². The van der Waals surface area contributed by atoms with E-state index in [4.69, 9.17) is 5.21 Å². The van der Waals surface area contributed by atoms with Crippen molar-refractivity contribution in [1.82, 2.24) is 10.1 Å². The van der Waals surface area contributed by atoms with Crippen molar-refractivity contribution in [3.8, 4) is 11.4 Å². The lowest BCUT2D eigenvalue weighted by molar-refractivity contribution is -0.159. The molecule has 1 heterocycles. The summed E-state index contributed by atoms with van der Waals surface area (Å²) in [5.74, 6) is -1.54. The summed E-state index contributed by atoms with van der Waals surface area (Å²) in [6, 6.07) is 6.17. The van der Waals surface area contributed by atoms with E-state index in [1.165, 1.54) is 12.1 Å². The maximum atomic E-state index is 12.3. The van der Waals surface area contributed by atoms with Gasteiger partial charge in [-0.3, -0.25) is 0 Å². The second-order valence-corrected chi connectivity index (χ2v) is 3.68. The highest BCUT2D eigenvalue weighted by Crippen LogP contribution is 2.29. The highest BCUT2D eigenvalue weighted by atomic mass is 19.4. The number of oxime groups is 1. The molecule has 0 saturated carbocycles. The zero-order valence-corrected chi connectivity index (χ0v) is 9.64. The minimum Gasteiger partial charge on any atom is -0.411 e. The van der Waals surface area contributed by atoms with Crippen LogP contribution in [0.5, 0.6) is 0 Å².